The van der Waals surface area contributed by atoms with E-state index < -0.39 is 0 Å². The molecule has 0 radical (unpaired) electrons. The van der Waals surface area contributed by atoms with Crippen molar-refractivity contribution in [2.75, 3.05) is 18.4 Å². The standard InChI is InChI=1S/C21H25N3O4/c1-14-10-19(12-20(26)23(14)3)28-18-8-9-24(13-18)21(27)11-16-4-6-17(7-5-16)22-15(2)25/h4-7,10,12,18H,8-9,11,13H2,1-3H3,(H,22,25). The van der Waals surface area contributed by atoms with Crippen LogP contribution in [0.3, 0.4) is 0 Å². The summed E-state index contributed by atoms with van der Waals surface area (Å²) in [7, 11) is 1.72. The van der Waals surface area contributed by atoms with E-state index in [0.717, 1.165) is 17.7 Å². The smallest absolute Gasteiger partial charge is 0.254 e. The van der Waals surface area contributed by atoms with Crippen LogP contribution in [-0.4, -0.2) is 40.5 Å². The Bertz CT molecular complexity index is 934. The van der Waals surface area contributed by atoms with Gasteiger partial charge in [-0.2, -0.15) is 0 Å². The number of anilines is 1. The maximum atomic E-state index is 12.6. The molecule has 7 heteroatoms. The molecule has 1 atom stereocenters. The van der Waals surface area contributed by atoms with Crippen molar-refractivity contribution >= 4 is 17.5 Å². The number of carbonyl (C=O) groups is 2. The third kappa shape index (κ3) is 4.79. The molecule has 2 amide bonds. The lowest BCUT2D eigenvalue weighted by Crippen LogP contribution is -2.32. The number of carbonyl (C=O) groups excluding carboxylic acids is 2. The SMILES string of the molecule is CC(=O)Nc1ccc(CC(=O)N2CCC(Oc3cc(C)n(C)c(=O)c3)C2)cc1. The van der Waals surface area contributed by atoms with E-state index in [4.69, 9.17) is 4.74 Å². The van der Waals surface area contributed by atoms with Gasteiger partial charge in [-0.3, -0.25) is 14.4 Å². The van der Waals surface area contributed by atoms with Crippen LogP contribution >= 0.6 is 0 Å². The highest BCUT2D eigenvalue weighted by Gasteiger charge is 2.27. The first-order valence-electron chi connectivity index (χ1n) is 9.30. The van der Waals surface area contributed by atoms with Crippen LogP contribution in [0, 0.1) is 6.92 Å². The van der Waals surface area contributed by atoms with Crippen LogP contribution in [0.15, 0.2) is 41.2 Å². The lowest BCUT2D eigenvalue weighted by Gasteiger charge is -2.18. The number of hydrogen-bond donors (Lipinski definition) is 1. The summed E-state index contributed by atoms with van der Waals surface area (Å²) in [6.07, 6.45) is 0.928. The van der Waals surface area contributed by atoms with Gasteiger partial charge in [0.2, 0.25) is 11.8 Å². The average molecular weight is 383 g/mol. The summed E-state index contributed by atoms with van der Waals surface area (Å²) in [6, 6.07) is 10.6. The number of nitrogens with zero attached hydrogens (tertiary/aromatic N) is 2. The fourth-order valence-corrected chi connectivity index (χ4v) is 3.24. The Morgan fingerprint density at radius 2 is 1.93 bits per heavy atom. The number of aryl methyl sites for hydroxylation is 1. The number of benzene rings is 1. The van der Waals surface area contributed by atoms with E-state index >= 15 is 0 Å². The van der Waals surface area contributed by atoms with E-state index in [1.807, 2.05) is 25.1 Å². The first-order chi connectivity index (χ1) is 13.3. The Morgan fingerprint density at radius 3 is 2.57 bits per heavy atom. The van der Waals surface area contributed by atoms with Crippen LogP contribution < -0.4 is 15.6 Å². The third-order valence-corrected chi connectivity index (χ3v) is 4.91. The van der Waals surface area contributed by atoms with Crippen LogP contribution in [0.5, 0.6) is 5.75 Å². The maximum Gasteiger partial charge on any atom is 0.254 e. The Labute approximate surface area is 163 Å². The second kappa shape index (κ2) is 8.29. The molecule has 0 bridgehead atoms. The molecule has 1 aromatic heterocycles. The summed E-state index contributed by atoms with van der Waals surface area (Å²) in [5.41, 5.74) is 2.33. The summed E-state index contributed by atoms with van der Waals surface area (Å²) in [5, 5.41) is 2.71. The predicted molar refractivity (Wildman–Crippen MR) is 106 cm³/mol. The molecule has 7 nitrogen and oxygen atoms in total. The van der Waals surface area contributed by atoms with Crippen LogP contribution in [0.2, 0.25) is 0 Å². The van der Waals surface area contributed by atoms with E-state index in [0.29, 0.717) is 30.9 Å². The molecule has 1 aliphatic heterocycles. The highest BCUT2D eigenvalue weighted by atomic mass is 16.5. The summed E-state index contributed by atoms with van der Waals surface area (Å²) < 4.78 is 7.49. The third-order valence-electron chi connectivity index (χ3n) is 4.91. The molecular formula is C21H25N3O4. The second-order valence-corrected chi connectivity index (χ2v) is 7.15. The highest BCUT2D eigenvalue weighted by Crippen LogP contribution is 2.19. The van der Waals surface area contributed by atoms with Crippen LogP contribution in [0.1, 0.15) is 24.6 Å². The van der Waals surface area contributed by atoms with Crippen LogP contribution in [-0.2, 0) is 23.1 Å². The Morgan fingerprint density at radius 1 is 1.21 bits per heavy atom. The molecule has 0 saturated carbocycles. The number of pyridine rings is 1. The lowest BCUT2D eigenvalue weighted by molar-refractivity contribution is -0.129. The van der Waals surface area contributed by atoms with Crippen molar-refractivity contribution in [1.82, 2.24) is 9.47 Å². The molecule has 1 fully saturated rings. The Kier molecular flexibility index (Phi) is 5.82. The minimum atomic E-state index is -0.126. The number of ether oxygens (including phenoxy) is 1. The van der Waals surface area contributed by atoms with Gasteiger partial charge < -0.3 is 19.5 Å². The number of amides is 2. The van der Waals surface area contributed by atoms with Gasteiger partial charge in [0.15, 0.2) is 0 Å². The average Bonchev–Trinajstić information content (AvgIpc) is 3.09. The molecule has 1 N–H and O–H groups in total. The van der Waals surface area contributed by atoms with Crippen molar-refractivity contribution in [3.05, 3.63) is 58.0 Å². The molecule has 1 unspecified atom stereocenters. The monoisotopic (exact) mass is 383 g/mol. The predicted octanol–water partition coefficient (Wildman–Crippen LogP) is 1.87. The molecule has 28 heavy (non-hydrogen) atoms. The number of likely N-dealkylation sites (tertiary alicyclic amines) is 1. The van der Waals surface area contributed by atoms with E-state index in [2.05, 4.69) is 5.32 Å². The van der Waals surface area contributed by atoms with Crippen molar-refractivity contribution in [2.45, 2.75) is 32.8 Å². The summed E-state index contributed by atoms with van der Waals surface area (Å²) in [5.74, 6) is 0.463. The largest absolute Gasteiger partial charge is 0.488 e. The lowest BCUT2D eigenvalue weighted by atomic mass is 10.1. The van der Waals surface area contributed by atoms with E-state index in [9.17, 15) is 14.4 Å². The van der Waals surface area contributed by atoms with Crippen molar-refractivity contribution in [1.29, 1.82) is 0 Å². The van der Waals surface area contributed by atoms with Crippen molar-refractivity contribution in [3.63, 3.8) is 0 Å². The number of aromatic nitrogens is 1. The zero-order valence-corrected chi connectivity index (χ0v) is 16.4. The molecular weight excluding hydrogens is 358 g/mol. The van der Waals surface area contributed by atoms with Gasteiger partial charge in [0.25, 0.3) is 5.56 Å². The van der Waals surface area contributed by atoms with Crippen LogP contribution in [0.4, 0.5) is 5.69 Å². The van der Waals surface area contributed by atoms with Crippen molar-refractivity contribution in [2.24, 2.45) is 7.05 Å². The molecule has 2 heterocycles. The number of hydrogen-bond acceptors (Lipinski definition) is 4. The molecule has 0 aliphatic carbocycles. The van der Waals surface area contributed by atoms with Gasteiger partial charge in [-0.1, -0.05) is 12.1 Å². The molecule has 3 rings (SSSR count). The number of rotatable bonds is 5. The second-order valence-electron chi connectivity index (χ2n) is 7.15. The molecule has 1 aliphatic rings. The Hall–Kier alpha value is -3.09. The zero-order chi connectivity index (χ0) is 20.3. The first kappa shape index (κ1) is 19.7. The van der Waals surface area contributed by atoms with Crippen LogP contribution in [0.25, 0.3) is 0 Å². The van der Waals surface area contributed by atoms with Gasteiger partial charge in [0.05, 0.1) is 13.0 Å². The topological polar surface area (TPSA) is 80.6 Å². The first-order valence-corrected chi connectivity index (χ1v) is 9.30. The summed E-state index contributed by atoms with van der Waals surface area (Å²) in [6.45, 7) is 4.46. The van der Waals surface area contributed by atoms with Gasteiger partial charge in [0.1, 0.15) is 11.9 Å². The van der Waals surface area contributed by atoms with Gasteiger partial charge in [-0.15, -0.1) is 0 Å². The van der Waals surface area contributed by atoms with Crippen molar-refractivity contribution in [3.8, 4) is 5.75 Å². The fraction of sp³-hybridized carbons (Fsp3) is 0.381. The quantitative estimate of drug-likeness (QED) is 0.855. The van der Waals surface area contributed by atoms with Gasteiger partial charge >= 0.3 is 0 Å². The normalized spacial score (nSPS) is 16.1. The van der Waals surface area contributed by atoms with Gasteiger partial charge in [-0.25, -0.2) is 0 Å². The Balaban J connectivity index is 1.55. The van der Waals surface area contributed by atoms with E-state index in [1.165, 1.54) is 13.0 Å². The minimum Gasteiger partial charge on any atom is -0.488 e. The molecule has 0 spiro atoms. The molecule has 1 aromatic carbocycles. The molecule has 1 saturated heterocycles. The van der Waals surface area contributed by atoms with Gasteiger partial charge in [0, 0.05) is 44.4 Å². The molecule has 148 valence electrons. The minimum absolute atomic E-state index is 0.0403. The highest BCUT2D eigenvalue weighted by molar-refractivity contribution is 5.88. The van der Waals surface area contributed by atoms with E-state index in [-0.39, 0.29) is 23.5 Å². The fourth-order valence-electron chi connectivity index (χ4n) is 3.24. The summed E-state index contributed by atoms with van der Waals surface area (Å²) >= 11 is 0. The van der Waals surface area contributed by atoms with E-state index in [1.54, 1.807) is 28.6 Å². The molecule has 2 aromatic rings. The van der Waals surface area contributed by atoms with Crippen molar-refractivity contribution < 1.29 is 14.3 Å². The zero-order valence-electron chi connectivity index (χ0n) is 16.4. The maximum absolute atomic E-state index is 12.6. The summed E-state index contributed by atoms with van der Waals surface area (Å²) in [4.78, 5) is 37.3. The van der Waals surface area contributed by atoms with Gasteiger partial charge in [-0.05, 0) is 30.7 Å². The number of nitrogens with one attached hydrogen (secondary N) is 1.